The molecule has 0 fully saturated rings. The van der Waals surface area contributed by atoms with Crippen LogP contribution in [0.1, 0.15) is 0 Å². The normalized spacial score (nSPS) is 11.3. The molecular formula is C90H59N3S9. The van der Waals surface area contributed by atoms with Gasteiger partial charge in [0.1, 0.15) is 0 Å². The second-order valence-corrected chi connectivity index (χ2v) is 33.5. The Bertz CT molecular complexity index is 5250. The maximum Gasteiger partial charge on any atom is 0.0462 e. The SMILES string of the molecule is c1csc(-c2ccc(N(c3ccc(-c4cccs4)cc3)c3ccc(-c4ccc(-c5ccc(-c6ccc(N(c7ccc(-c8cccs8)cc7)c7ccc(-c8ccc(-c9ccc(-c%10ccc(N(c%11ccc(-c%12cccs%12)cc%11)c%11ccc(-c%12cccs%12)cc%11)cc%10)s9)s8)cc7)cc6)s5)s4)cc3)cc2)c1. The fourth-order valence-corrected chi connectivity index (χ4v) is 20.9. The third-order valence-corrected chi connectivity index (χ3v) is 27.7. The summed E-state index contributed by atoms with van der Waals surface area (Å²) in [5.41, 5.74) is 20.9. The number of hydrogen-bond donors (Lipinski definition) is 0. The van der Waals surface area contributed by atoms with Gasteiger partial charge in [0.25, 0.3) is 0 Å². The van der Waals surface area contributed by atoms with E-state index in [1.807, 2.05) is 45.3 Å². The third kappa shape index (κ3) is 13.3. The predicted molar refractivity (Wildman–Crippen MR) is 451 cm³/mol. The molecule has 9 aromatic heterocycles. The average Bonchev–Trinajstić information content (AvgIpc) is 1.01. The van der Waals surface area contributed by atoms with Gasteiger partial charge in [0, 0.05) is 115 Å². The molecule has 488 valence electrons. The topological polar surface area (TPSA) is 9.72 Å². The van der Waals surface area contributed by atoms with Crippen LogP contribution in [-0.2, 0) is 0 Å². The molecule has 0 spiro atoms. The molecule has 9 aromatic carbocycles. The fraction of sp³-hybridized carbons (Fsp3) is 0. The van der Waals surface area contributed by atoms with Crippen LogP contribution < -0.4 is 14.7 Å². The van der Waals surface area contributed by atoms with Gasteiger partial charge in [0.2, 0.25) is 0 Å². The van der Waals surface area contributed by atoms with Crippen molar-refractivity contribution in [1.82, 2.24) is 0 Å². The summed E-state index contributed by atoms with van der Waals surface area (Å²) < 4.78 is 0. The molecule has 0 amide bonds. The van der Waals surface area contributed by atoms with Crippen LogP contribution in [0.4, 0.5) is 51.2 Å². The van der Waals surface area contributed by atoms with E-state index in [1.165, 1.54) is 113 Å². The summed E-state index contributed by atoms with van der Waals surface area (Å²) in [4.78, 5) is 23.5. The summed E-state index contributed by atoms with van der Waals surface area (Å²) in [5.74, 6) is 0. The van der Waals surface area contributed by atoms with Gasteiger partial charge in [-0.2, -0.15) is 0 Å². The average molecular weight is 1470 g/mol. The second-order valence-electron chi connectivity index (χ2n) is 24.5. The Hall–Kier alpha value is -10.3. The summed E-state index contributed by atoms with van der Waals surface area (Å²) >= 11 is 16.2. The molecule has 0 saturated carbocycles. The third-order valence-electron chi connectivity index (χ3n) is 18.2. The van der Waals surface area contributed by atoms with Crippen molar-refractivity contribution < 1.29 is 0 Å². The van der Waals surface area contributed by atoms with Gasteiger partial charge in [-0.15, -0.1) is 102 Å². The first kappa shape index (κ1) is 63.8. The van der Waals surface area contributed by atoms with E-state index in [4.69, 9.17) is 0 Å². The minimum Gasteiger partial charge on any atom is -0.311 e. The molecule has 102 heavy (non-hydrogen) atoms. The van der Waals surface area contributed by atoms with Crippen molar-refractivity contribution in [2.45, 2.75) is 0 Å². The fourth-order valence-electron chi connectivity index (χ4n) is 13.0. The molecule has 3 nitrogen and oxygen atoms in total. The first-order chi connectivity index (χ1) is 50.5. The van der Waals surface area contributed by atoms with Crippen molar-refractivity contribution in [3.05, 3.63) is 354 Å². The zero-order valence-electron chi connectivity index (χ0n) is 54.6. The summed E-state index contributed by atoms with van der Waals surface area (Å²) in [7, 11) is 0. The minimum absolute atomic E-state index is 1.10. The number of rotatable bonds is 20. The van der Waals surface area contributed by atoms with Gasteiger partial charge in [0.05, 0.1) is 0 Å². The smallest absolute Gasteiger partial charge is 0.0462 e. The molecule has 0 atom stereocenters. The highest BCUT2D eigenvalue weighted by molar-refractivity contribution is 7.26. The number of nitrogens with zero attached hydrogens (tertiary/aromatic N) is 3. The van der Waals surface area contributed by atoms with Gasteiger partial charge in [-0.05, 0) is 265 Å². The molecule has 0 aliphatic carbocycles. The van der Waals surface area contributed by atoms with Crippen LogP contribution >= 0.6 is 102 Å². The highest BCUT2D eigenvalue weighted by atomic mass is 32.1. The Morgan fingerprint density at radius 1 is 0.127 bits per heavy atom. The van der Waals surface area contributed by atoms with E-state index in [9.17, 15) is 0 Å². The molecule has 0 bridgehead atoms. The standard InChI is InChI=1S/C90H59N3S9/c1-6-78(94-55-1)60-11-29-69(30-12-60)91(70-31-13-61(14-32-70)79-7-2-56-95-79)74-39-21-65(22-40-74)83-47-51-87(99-83)89-53-49-85(101-89)67-25-43-76(44-26-67)93(73-37-19-64(20-38-73)82-10-5-59-98-82)77-45-27-68(28-46-77)86-50-54-90(102-86)88-52-48-84(100-88)66-23-41-75(42-24-66)92(71-33-15-62(16-34-71)80-8-3-57-96-80)72-35-17-63(18-36-72)81-9-4-58-97-81/h1-59H. The van der Waals surface area contributed by atoms with E-state index >= 15 is 0 Å². The van der Waals surface area contributed by atoms with E-state index in [1.54, 1.807) is 56.7 Å². The molecule has 12 heteroatoms. The van der Waals surface area contributed by atoms with Gasteiger partial charge >= 0.3 is 0 Å². The summed E-state index contributed by atoms with van der Waals surface area (Å²) in [6, 6.07) is 121. The molecule has 0 radical (unpaired) electrons. The first-order valence-electron chi connectivity index (χ1n) is 33.4. The molecule has 18 rings (SSSR count). The molecule has 0 aliphatic heterocycles. The van der Waals surface area contributed by atoms with Crippen LogP contribution in [-0.4, -0.2) is 0 Å². The van der Waals surface area contributed by atoms with E-state index < -0.39 is 0 Å². The summed E-state index contributed by atoms with van der Waals surface area (Å²) in [5, 5.41) is 10.7. The van der Waals surface area contributed by atoms with Crippen molar-refractivity contribution in [3.8, 4) is 113 Å². The van der Waals surface area contributed by atoms with E-state index in [2.05, 4.69) is 369 Å². The molecule has 0 unspecified atom stereocenters. The zero-order chi connectivity index (χ0) is 67.7. The molecule has 0 saturated heterocycles. The minimum atomic E-state index is 1.10. The van der Waals surface area contributed by atoms with Crippen molar-refractivity contribution >= 4 is 153 Å². The Kier molecular flexibility index (Phi) is 17.9. The van der Waals surface area contributed by atoms with Crippen LogP contribution in [0.3, 0.4) is 0 Å². The largest absolute Gasteiger partial charge is 0.311 e. The molecule has 0 aliphatic rings. The maximum atomic E-state index is 2.38. The van der Waals surface area contributed by atoms with Crippen LogP contribution in [0, 0.1) is 0 Å². The van der Waals surface area contributed by atoms with Gasteiger partial charge in [-0.3, -0.25) is 0 Å². The predicted octanol–water partition coefficient (Wildman–Crippen LogP) is 31.0. The zero-order valence-corrected chi connectivity index (χ0v) is 61.9. The number of thiophene rings is 9. The van der Waals surface area contributed by atoms with E-state index in [0.717, 1.165) is 51.2 Å². The van der Waals surface area contributed by atoms with Crippen LogP contribution in [0.5, 0.6) is 0 Å². The van der Waals surface area contributed by atoms with Crippen LogP contribution in [0.2, 0.25) is 0 Å². The molecule has 0 N–H and O–H groups in total. The van der Waals surface area contributed by atoms with E-state index in [-0.39, 0.29) is 0 Å². The number of benzene rings is 9. The lowest BCUT2D eigenvalue weighted by Gasteiger charge is -2.26. The summed E-state index contributed by atoms with van der Waals surface area (Å²) in [6.07, 6.45) is 0. The highest BCUT2D eigenvalue weighted by Gasteiger charge is 2.20. The second kappa shape index (κ2) is 28.6. The van der Waals surface area contributed by atoms with Crippen molar-refractivity contribution in [2.75, 3.05) is 14.7 Å². The van der Waals surface area contributed by atoms with Gasteiger partial charge in [-0.1, -0.05) is 140 Å². The van der Waals surface area contributed by atoms with E-state index in [0.29, 0.717) is 0 Å². The van der Waals surface area contributed by atoms with Gasteiger partial charge in [-0.25, -0.2) is 0 Å². The van der Waals surface area contributed by atoms with Gasteiger partial charge < -0.3 is 14.7 Å². The van der Waals surface area contributed by atoms with Crippen LogP contribution in [0.15, 0.2) is 354 Å². The quantitative estimate of drug-likeness (QED) is 0.0753. The Morgan fingerprint density at radius 3 is 0.402 bits per heavy atom. The highest BCUT2D eigenvalue weighted by Crippen LogP contribution is 2.47. The first-order valence-corrected chi connectivity index (χ1v) is 41.1. The van der Waals surface area contributed by atoms with Crippen LogP contribution in [0.25, 0.3) is 113 Å². The monoisotopic (exact) mass is 1470 g/mol. The Balaban J connectivity index is 0.569. The Morgan fingerprint density at radius 2 is 0.265 bits per heavy atom. The van der Waals surface area contributed by atoms with Crippen molar-refractivity contribution in [1.29, 1.82) is 0 Å². The lowest BCUT2D eigenvalue weighted by atomic mass is 10.1. The van der Waals surface area contributed by atoms with Crippen molar-refractivity contribution in [3.63, 3.8) is 0 Å². The molecule has 18 aromatic rings. The number of hydrogen-bond acceptors (Lipinski definition) is 12. The number of anilines is 9. The lowest BCUT2D eigenvalue weighted by molar-refractivity contribution is 1.28. The lowest BCUT2D eigenvalue weighted by Crippen LogP contribution is -2.09. The Labute approximate surface area is 629 Å². The molecule has 9 heterocycles. The van der Waals surface area contributed by atoms with Crippen molar-refractivity contribution in [2.24, 2.45) is 0 Å². The molecular weight excluding hydrogens is 1410 g/mol. The van der Waals surface area contributed by atoms with Gasteiger partial charge in [0.15, 0.2) is 0 Å². The maximum absolute atomic E-state index is 2.38. The summed E-state index contributed by atoms with van der Waals surface area (Å²) in [6.45, 7) is 0.